The Bertz CT molecular complexity index is 393. The molecular weight excluding hydrogens is 225 g/mol. The van der Waals surface area contributed by atoms with Gasteiger partial charge in [0.2, 0.25) is 0 Å². The molecule has 1 rings (SSSR count). The molecule has 2 N–H and O–H groups in total. The molecule has 1 atom stereocenters. The number of halogens is 1. The number of aliphatic hydroxyl groups is 1. The highest BCUT2D eigenvalue weighted by Crippen LogP contribution is 2.15. The molecule has 1 unspecified atom stereocenters. The van der Waals surface area contributed by atoms with Crippen molar-refractivity contribution in [3.8, 4) is 5.75 Å². The molecule has 17 heavy (non-hydrogen) atoms. The number of nitrogens with one attached hydrogen (secondary N) is 1. The minimum atomic E-state index is -0.626. The minimum absolute atomic E-state index is 0.0311. The predicted octanol–water partition coefficient (Wildman–Crippen LogP) is 1.33. The van der Waals surface area contributed by atoms with E-state index in [4.69, 9.17) is 9.84 Å². The van der Waals surface area contributed by atoms with Crippen LogP contribution in [0.15, 0.2) is 18.2 Å². The van der Waals surface area contributed by atoms with E-state index in [1.807, 2.05) is 0 Å². The molecule has 0 radical (unpaired) electrons. The van der Waals surface area contributed by atoms with Gasteiger partial charge in [0, 0.05) is 12.6 Å². The SMILES string of the molecule is COc1ccc(C(=O)NCCC(C)O)c(F)c1. The molecule has 0 aliphatic rings. The summed E-state index contributed by atoms with van der Waals surface area (Å²) in [5, 5.41) is 11.5. The quantitative estimate of drug-likeness (QED) is 0.817. The highest BCUT2D eigenvalue weighted by Gasteiger charge is 2.12. The molecule has 94 valence electrons. The molecule has 0 heterocycles. The molecule has 0 spiro atoms. The average molecular weight is 241 g/mol. The summed E-state index contributed by atoms with van der Waals surface area (Å²) in [4.78, 5) is 11.6. The van der Waals surface area contributed by atoms with Crippen LogP contribution in [0.2, 0.25) is 0 Å². The van der Waals surface area contributed by atoms with E-state index in [9.17, 15) is 9.18 Å². The van der Waals surface area contributed by atoms with E-state index in [0.29, 0.717) is 18.7 Å². The van der Waals surface area contributed by atoms with E-state index < -0.39 is 17.8 Å². The number of hydrogen-bond donors (Lipinski definition) is 2. The summed E-state index contributed by atoms with van der Waals surface area (Å²) in [6.45, 7) is 1.93. The first-order valence-corrected chi connectivity index (χ1v) is 5.34. The molecule has 4 nitrogen and oxygen atoms in total. The molecule has 0 aliphatic heterocycles. The lowest BCUT2D eigenvalue weighted by Crippen LogP contribution is -2.27. The molecule has 0 bridgehead atoms. The molecule has 0 aromatic heterocycles. The van der Waals surface area contributed by atoms with Crippen molar-refractivity contribution in [1.29, 1.82) is 0 Å². The van der Waals surface area contributed by atoms with Crippen molar-refractivity contribution in [1.82, 2.24) is 5.32 Å². The van der Waals surface area contributed by atoms with Crippen LogP contribution in [0.4, 0.5) is 4.39 Å². The summed E-state index contributed by atoms with van der Waals surface area (Å²) in [6, 6.07) is 4.04. The Kier molecular flexibility index (Phi) is 4.90. The van der Waals surface area contributed by atoms with Crippen LogP contribution >= 0.6 is 0 Å². The summed E-state index contributed by atoms with van der Waals surface area (Å²) < 4.78 is 18.3. The molecule has 1 aromatic carbocycles. The van der Waals surface area contributed by atoms with Crippen LogP contribution in [0.1, 0.15) is 23.7 Å². The Labute approximate surface area is 99.4 Å². The topological polar surface area (TPSA) is 58.6 Å². The van der Waals surface area contributed by atoms with Crippen LogP contribution in [0.3, 0.4) is 0 Å². The second-order valence-corrected chi connectivity index (χ2v) is 3.74. The number of amides is 1. The van der Waals surface area contributed by atoms with E-state index in [1.165, 1.54) is 19.2 Å². The van der Waals surface area contributed by atoms with Gasteiger partial charge >= 0.3 is 0 Å². The number of rotatable bonds is 5. The van der Waals surface area contributed by atoms with Crippen molar-refractivity contribution in [2.75, 3.05) is 13.7 Å². The van der Waals surface area contributed by atoms with Gasteiger partial charge < -0.3 is 15.2 Å². The van der Waals surface area contributed by atoms with Crippen LogP contribution in [0, 0.1) is 5.82 Å². The van der Waals surface area contributed by atoms with Crippen LogP contribution in [-0.2, 0) is 0 Å². The molecule has 0 fully saturated rings. The second-order valence-electron chi connectivity index (χ2n) is 3.74. The summed E-state index contributed by atoms with van der Waals surface area (Å²) in [7, 11) is 1.43. The first-order valence-electron chi connectivity index (χ1n) is 5.34. The van der Waals surface area contributed by atoms with Gasteiger partial charge in [0.15, 0.2) is 0 Å². The van der Waals surface area contributed by atoms with Crippen LogP contribution in [0.25, 0.3) is 0 Å². The maximum atomic E-state index is 13.5. The zero-order valence-electron chi connectivity index (χ0n) is 9.87. The first kappa shape index (κ1) is 13.4. The van der Waals surface area contributed by atoms with Crippen molar-refractivity contribution in [2.45, 2.75) is 19.4 Å². The summed E-state index contributed by atoms with van der Waals surface area (Å²) in [6.07, 6.45) is -0.0558. The Morgan fingerprint density at radius 2 is 2.29 bits per heavy atom. The van der Waals surface area contributed by atoms with Crippen LogP contribution in [0.5, 0.6) is 5.75 Å². The Hall–Kier alpha value is -1.62. The predicted molar refractivity (Wildman–Crippen MR) is 61.6 cm³/mol. The molecule has 0 aliphatic carbocycles. The Morgan fingerprint density at radius 3 is 2.82 bits per heavy atom. The second kappa shape index (κ2) is 6.20. The minimum Gasteiger partial charge on any atom is -0.497 e. The van der Waals surface area contributed by atoms with E-state index in [2.05, 4.69) is 5.32 Å². The van der Waals surface area contributed by atoms with Gasteiger partial charge in [0.1, 0.15) is 11.6 Å². The third-order valence-electron chi connectivity index (χ3n) is 2.27. The van der Waals surface area contributed by atoms with E-state index in [0.717, 1.165) is 6.07 Å². The fourth-order valence-corrected chi connectivity index (χ4v) is 1.30. The number of hydrogen-bond acceptors (Lipinski definition) is 3. The zero-order valence-corrected chi connectivity index (χ0v) is 9.87. The molecule has 5 heteroatoms. The van der Waals surface area contributed by atoms with E-state index in [-0.39, 0.29) is 5.56 Å². The van der Waals surface area contributed by atoms with Crippen LogP contribution < -0.4 is 10.1 Å². The molecule has 1 aromatic rings. The van der Waals surface area contributed by atoms with Crippen molar-refractivity contribution < 1.29 is 19.0 Å². The van der Waals surface area contributed by atoms with Crippen molar-refractivity contribution >= 4 is 5.91 Å². The lowest BCUT2D eigenvalue weighted by Gasteiger charge is -2.08. The number of ether oxygens (including phenoxy) is 1. The van der Waals surface area contributed by atoms with Crippen molar-refractivity contribution in [2.24, 2.45) is 0 Å². The van der Waals surface area contributed by atoms with Crippen molar-refractivity contribution in [3.63, 3.8) is 0 Å². The fraction of sp³-hybridized carbons (Fsp3) is 0.417. The standard InChI is InChI=1S/C12H16FNO3/c1-8(15)5-6-14-12(16)10-4-3-9(17-2)7-11(10)13/h3-4,7-8,15H,5-6H2,1-2H3,(H,14,16). The average Bonchev–Trinajstić information content (AvgIpc) is 2.28. The molecule has 0 saturated carbocycles. The highest BCUT2D eigenvalue weighted by molar-refractivity contribution is 5.94. The molecule has 1 amide bonds. The van der Waals surface area contributed by atoms with Gasteiger partial charge in [-0.1, -0.05) is 0 Å². The summed E-state index contributed by atoms with van der Waals surface area (Å²) in [5.41, 5.74) is -0.0311. The van der Waals surface area contributed by atoms with Gasteiger partial charge in [-0.05, 0) is 25.5 Å². The molecular formula is C12H16FNO3. The van der Waals surface area contributed by atoms with Crippen molar-refractivity contribution in [3.05, 3.63) is 29.6 Å². The monoisotopic (exact) mass is 241 g/mol. The Morgan fingerprint density at radius 1 is 1.59 bits per heavy atom. The Balaban J connectivity index is 2.63. The highest BCUT2D eigenvalue weighted by atomic mass is 19.1. The normalized spacial score (nSPS) is 12.0. The maximum absolute atomic E-state index is 13.5. The lowest BCUT2D eigenvalue weighted by atomic mass is 10.2. The van der Waals surface area contributed by atoms with Gasteiger partial charge in [0.05, 0.1) is 18.8 Å². The number of carbonyl (C=O) groups is 1. The van der Waals surface area contributed by atoms with Gasteiger partial charge in [-0.3, -0.25) is 4.79 Å². The first-order chi connectivity index (χ1) is 8.04. The number of carbonyl (C=O) groups excluding carboxylic acids is 1. The summed E-state index contributed by atoms with van der Waals surface area (Å²) >= 11 is 0. The van der Waals surface area contributed by atoms with Gasteiger partial charge in [-0.15, -0.1) is 0 Å². The van der Waals surface area contributed by atoms with Gasteiger partial charge in [-0.2, -0.15) is 0 Å². The summed E-state index contributed by atoms with van der Waals surface area (Å²) in [5.74, 6) is -0.757. The number of benzene rings is 1. The lowest BCUT2D eigenvalue weighted by molar-refractivity contribution is 0.0941. The van der Waals surface area contributed by atoms with Gasteiger partial charge in [0.25, 0.3) is 5.91 Å². The maximum Gasteiger partial charge on any atom is 0.254 e. The fourth-order valence-electron chi connectivity index (χ4n) is 1.30. The zero-order chi connectivity index (χ0) is 12.8. The van der Waals surface area contributed by atoms with E-state index in [1.54, 1.807) is 6.92 Å². The van der Waals surface area contributed by atoms with E-state index >= 15 is 0 Å². The number of aliphatic hydroxyl groups excluding tert-OH is 1. The number of methoxy groups -OCH3 is 1. The third-order valence-corrected chi connectivity index (χ3v) is 2.27. The third kappa shape index (κ3) is 4.03. The van der Waals surface area contributed by atoms with Crippen LogP contribution in [-0.4, -0.2) is 30.8 Å². The molecule has 0 saturated heterocycles. The largest absolute Gasteiger partial charge is 0.497 e. The van der Waals surface area contributed by atoms with Gasteiger partial charge in [-0.25, -0.2) is 4.39 Å². The smallest absolute Gasteiger partial charge is 0.254 e.